The summed E-state index contributed by atoms with van der Waals surface area (Å²) < 4.78 is 5.68. The van der Waals surface area contributed by atoms with E-state index in [4.69, 9.17) is 4.74 Å². The molecule has 0 aromatic heterocycles. The topological polar surface area (TPSA) is 41.5 Å². The van der Waals surface area contributed by atoms with E-state index in [0.29, 0.717) is 25.3 Å². The highest BCUT2D eigenvalue weighted by molar-refractivity contribution is 4.83. The first-order valence-electron chi connectivity index (χ1n) is 6.78. The Morgan fingerprint density at radius 3 is 2.56 bits per heavy atom. The van der Waals surface area contributed by atoms with Gasteiger partial charge >= 0.3 is 0 Å². The molecule has 2 fully saturated rings. The molecule has 2 aliphatic rings. The Morgan fingerprint density at radius 2 is 1.94 bits per heavy atom. The predicted molar refractivity (Wildman–Crippen MR) is 64.4 cm³/mol. The minimum absolute atomic E-state index is 0.346. The molecule has 0 saturated heterocycles. The van der Waals surface area contributed by atoms with Gasteiger partial charge in [-0.1, -0.05) is 12.8 Å². The van der Waals surface area contributed by atoms with Crippen LogP contribution in [0.4, 0.5) is 0 Å². The Labute approximate surface area is 98.6 Å². The van der Waals surface area contributed by atoms with E-state index in [1.807, 2.05) is 0 Å². The fourth-order valence-electron chi connectivity index (χ4n) is 2.45. The molecular weight excluding hydrogens is 202 g/mol. The van der Waals surface area contributed by atoms with Crippen LogP contribution in [-0.2, 0) is 4.74 Å². The van der Waals surface area contributed by atoms with Crippen molar-refractivity contribution in [2.75, 3.05) is 13.2 Å². The van der Waals surface area contributed by atoms with Crippen molar-refractivity contribution in [2.24, 2.45) is 5.92 Å². The third-order valence-corrected chi connectivity index (χ3v) is 3.83. The fourth-order valence-corrected chi connectivity index (χ4v) is 2.45. The normalized spacial score (nSPS) is 25.9. The van der Waals surface area contributed by atoms with Gasteiger partial charge in [0.25, 0.3) is 0 Å². The predicted octanol–water partition coefficient (Wildman–Crippen LogP) is 1.69. The molecule has 0 heterocycles. The van der Waals surface area contributed by atoms with Crippen LogP contribution in [0.5, 0.6) is 0 Å². The maximum atomic E-state index is 9.77. The lowest BCUT2D eigenvalue weighted by Gasteiger charge is -2.18. The number of rotatable bonds is 7. The summed E-state index contributed by atoms with van der Waals surface area (Å²) >= 11 is 0. The van der Waals surface area contributed by atoms with Gasteiger partial charge in [0.15, 0.2) is 0 Å². The van der Waals surface area contributed by atoms with E-state index in [9.17, 15) is 5.11 Å². The van der Waals surface area contributed by atoms with Crippen molar-refractivity contribution in [2.45, 2.75) is 63.7 Å². The molecule has 94 valence electrons. The standard InChI is InChI=1S/C13H25NO2/c1-10(11-6-7-11)14-8-12(15)9-16-13-4-2-3-5-13/h10-15H,2-9H2,1H3. The Morgan fingerprint density at radius 1 is 1.25 bits per heavy atom. The number of aliphatic hydroxyl groups is 1. The molecule has 2 aliphatic carbocycles. The fraction of sp³-hybridized carbons (Fsp3) is 1.00. The van der Waals surface area contributed by atoms with E-state index in [1.165, 1.54) is 38.5 Å². The lowest BCUT2D eigenvalue weighted by atomic mass is 10.2. The summed E-state index contributed by atoms with van der Waals surface area (Å²) in [5, 5.41) is 13.2. The number of aliphatic hydroxyl groups excluding tert-OH is 1. The Kier molecular flexibility index (Phi) is 4.62. The van der Waals surface area contributed by atoms with Gasteiger partial charge in [-0.3, -0.25) is 0 Å². The first kappa shape index (κ1) is 12.3. The van der Waals surface area contributed by atoms with Crippen LogP contribution >= 0.6 is 0 Å². The minimum atomic E-state index is -0.346. The Bertz CT molecular complexity index is 194. The van der Waals surface area contributed by atoms with Crippen LogP contribution in [0.3, 0.4) is 0 Å². The average molecular weight is 227 g/mol. The molecule has 2 N–H and O–H groups in total. The van der Waals surface area contributed by atoms with Gasteiger partial charge in [-0.2, -0.15) is 0 Å². The van der Waals surface area contributed by atoms with Crippen molar-refractivity contribution < 1.29 is 9.84 Å². The maximum absolute atomic E-state index is 9.77. The van der Waals surface area contributed by atoms with Gasteiger partial charge in [0.1, 0.15) is 0 Å². The second-order valence-corrected chi connectivity index (χ2v) is 5.43. The second kappa shape index (κ2) is 5.99. The molecule has 0 bridgehead atoms. The van der Waals surface area contributed by atoms with Crippen molar-refractivity contribution in [1.82, 2.24) is 5.32 Å². The van der Waals surface area contributed by atoms with E-state index < -0.39 is 0 Å². The summed E-state index contributed by atoms with van der Waals surface area (Å²) in [5.74, 6) is 0.850. The van der Waals surface area contributed by atoms with Crippen molar-refractivity contribution in [3.05, 3.63) is 0 Å². The van der Waals surface area contributed by atoms with Crippen LogP contribution in [0.2, 0.25) is 0 Å². The maximum Gasteiger partial charge on any atom is 0.0897 e. The zero-order valence-corrected chi connectivity index (χ0v) is 10.3. The van der Waals surface area contributed by atoms with Crippen LogP contribution in [0, 0.1) is 5.92 Å². The zero-order chi connectivity index (χ0) is 11.4. The van der Waals surface area contributed by atoms with Crippen LogP contribution in [-0.4, -0.2) is 36.5 Å². The van der Waals surface area contributed by atoms with Crippen molar-refractivity contribution in [3.63, 3.8) is 0 Å². The van der Waals surface area contributed by atoms with Crippen molar-refractivity contribution >= 4 is 0 Å². The first-order chi connectivity index (χ1) is 7.75. The molecule has 0 radical (unpaired) electrons. The molecule has 16 heavy (non-hydrogen) atoms. The Hall–Kier alpha value is -0.120. The molecule has 0 spiro atoms. The monoisotopic (exact) mass is 227 g/mol. The van der Waals surface area contributed by atoms with E-state index >= 15 is 0 Å². The average Bonchev–Trinajstić information content (AvgIpc) is 3.01. The molecule has 2 unspecified atom stereocenters. The van der Waals surface area contributed by atoms with Gasteiger partial charge in [-0.15, -0.1) is 0 Å². The van der Waals surface area contributed by atoms with Gasteiger partial charge in [0.05, 0.1) is 18.8 Å². The van der Waals surface area contributed by atoms with Crippen LogP contribution in [0.25, 0.3) is 0 Å². The summed E-state index contributed by atoms with van der Waals surface area (Å²) in [4.78, 5) is 0. The zero-order valence-electron chi connectivity index (χ0n) is 10.3. The highest BCUT2D eigenvalue weighted by Crippen LogP contribution is 2.32. The van der Waals surface area contributed by atoms with E-state index in [-0.39, 0.29) is 6.10 Å². The van der Waals surface area contributed by atoms with Gasteiger partial charge in [0.2, 0.25) is 0 Å². The summed E-state index contributed by atoms with van der Waals surface area (Å²) in [6, 6.07) is 0.557. The summed E-state index contributed by atoms with van der Waals surface area (Å²) in [6.45, 7) is 3.38. The summed E-state index contributed by atoms with van der Waals surface area (Å²) in [7, 11) is 0. The molecule has 0 aromatic rings. The number of nitrogens with one attached hydrogen (secondary N) is 1. The SMILES string of the molecule is CC(NCC(O)COC1CCCC1)C1CC1. The van der Waals surface area contributed by atoms with Gasteiger partial charge in [0, 0.05) is 12.6 Å². The molecule has 3 heteroatoms. The number of hydrogen-bond acceptors (Lipinski definition) is 3. The quantitative estimate of drug-likeness (QED) is 0.695. The minimum Gasteiger partial charge on any atom is -0.389 e. The molecule has 0 aliphatic heterocycles. The van der Waals surface area contributed by atoms with Gasteiger partial charge in [-0.05, 0) is 38.5 Å². The van der Waals surface area contributed by atoms with Gasteiger partial charge in [-0.25, -0.2) is 0 Å². The van der Waals surface area contributed by atoms with E-state index in [0.717, 1.165) is 5.92 Å². The molecular formula is C13H25NO2. The highest BCUT2D eigenvalue weighted by Gasteiger charge is 2.27. The summed E-state index contributed by atoms with van der Waals surface area (Å²) in [6.07, 6.45) is 7.70. The highest BCUT2D eigenvalue weighted by atomic mass is 16.5. The third-order valence-electron chi connectivity index (χ3n) is 3.83. The van der Waals surface area contributed by atoms with Crippen molar-refractivity contribution in [3.8, 4) is 0 Å². The van der Waals surface area contributed by atoms with Gasteiger partial charge < -0.3 is 15.2 Å². The molecule has 0 amide bonds. The van der Waals surface area contributed by atoms with Crippen LogP contribution < -0.4 is 5.32 Å². The molecule has 3 nitrogen and oxygen atoms in total. The molecule has 0 aromatic carbocycles. The van der Waals surface area contributed by atoms with Crippen molar-refractivity contribution in [1.29, 1.82) is 0 Å². The van der Waals surface area contributed by atoms with Crippen LogP contribution in [0.1, 0.15) is 45.4 Å². The largest absolute Gasteiger partial charge is 0.389 e. The molecule has 2 rings (SSSR count). The third kappa shape index (κ3) is 4.04. The molecule has 2 atom stereocenters. The van der Waals surface area contributed by atoms with Crippen LogP contribution in [0.15, 0.2) is 0 Å². The number of hydrogen-bond donors (Lipinski definition) is 2. The molecule has 2 saturated carbocycles. The lowest BCUT2D eigenvalue weighted by molar-refractivity contribution is -0.00626. The summed E-state index contributed by atoms with van der Waals surface area (Å²) in [5.41, 5.74) is 0. The van der Waals surface area contributed by atoms with E-state index in [2.05, 4.69) is 12.2 Å². The lowest BCUT2D eigenvalue weighted by Crippen LogP contribution is -2.37. The Balaban J connectivity index is 1.51. The smallest absolute Gasteiger partial charge is 0.0897 e. The van der Waals surface area contributed by atoms with E-state index in [1.54, 1.807) is 0 Å². The second-order valence-electron chi connectivity index (χ2n) is 5.43. The number of ether oxygens (including phenoxy) is 1. The first-order valence-corrected chi connectivity index (χ1v) is 6.78.